The Bertz CT molecular complexity index is 40.8. The third kappa shape index (κ3) is 0.854. The van der Waals surface area contributed by atoms with E-state index in [0.717, 1.165) is 13.0 Å². The Morgan fingerprint density at radius 1 is 1.83 bits per heavy atom. The van der Waals surface area contributed by atoms with E-state index in [-0.39, 0.29) is 5.50 Å². The SMILES string of the molecule is ClC1C[CH]CN1. The molecule has 1 fully saturated rings. The van der Waals surface area contributed by atoms with Crippen LogP contribution < -0.4 is 5.32 Å². The summed E-state index contributed by atoms with van der Waals surface area (Å²) < 4.78 is 0. The van der Waals surface area contributed by atoms with Crippen molar-refractivity contribution >= 4 is 11.6 Å². The molecule has 0 aromatic rings. The minimum Gasteiger partial charge on any atom is -0.301 e. The van der Waals surface area contributed by atoms with Gasteiger partial charge in [0, 0.05) is 0 Å². The molecule has 0 saturated carbocycles. The van der Waals surface area contributed by atoms with E-state index < -0.39 is 0 Å². The maximum Gasteiger partial charge on any atom is 0.0828 e. The quantitative estimate of drug-likeness (QED) is 0.353. The minimum absolute atomic E-state index is 0.213. The maximum absolute atomic E-state index is 5.57. The van der Waals surface area contributed by atoms with E-state index in [9.17, 15) is 0 Å². The first-order valence-electron chi connectivity index (χ1n) is 2.09. The molecule has 0 aromatic carbocycles. The highest BCUT2D eigenvalue weighted by Crippen LogP contribution is 2.05. The topological polar surface area (TPSA) is 12.0 Å². The lowest BCUT2D eigenvalue weighted by Crippen LogP contribution is -2.13. The Labute approximate surface area is 42.7 Å². The van der Waals surface area contributed by atoms with E-state index in [1.807, 2.05) is 0 Å². The summed E-state index contributed by atoms with van der Waals surface area (Å²) in [5, 5.41) is 3.03. The Hall–Kier alpha value is 0.250. The van der Waals surface area contributed by atoms with Gasteiger partial charge in [-0.2, -0.15) is 0 Å². The van der Waals surface area contributed by atoms with Gasteiger partial charge in [0.25, 0.3) is 0 Å². The maximum atomic E-state index is 5.57. The van der Waals surface area contributed by atoms with Crippen LogP contribution in [0.15, 0.2) is 0 Å². The van der Waals surface area contributed by atoms with Gasteiger partial charge in [-0.1, -0.05) is 0 Å². The molecule has 1 rings (SSSR count). The summed E-state index contributed by atoms with van der Waals surface area (Å²) in [4.78, 5) is 0. The number of hydrogen-bond donors (Lipinski definition) is 1. The highest BCUT2D eigenvalue weighted by atomic mass is 35.5. The first kappa shape index (κ1) is 4.41. The monoisotopic (exact) mass is 104 g/mol. The lowest BCUT2D eigenvalue weighted by atomic mass is 10.4. The normalized spacial score (nSPS) is 34.5. The van der Waals surface area contributed by atoms with E-state index in [0.29, 0.717) is 0 Å². The fraction of sp³-hybridized carbons (Fsp3) is 0.750. The van der Waals surface area contributed by atoms with Gasteiger partial charge < -0.3 is 5.32 Å². The summed E-state index contributed by atoms with van der Waals surface area (Å²) in [7, 11) is 0. The summed E-state index contributed by atoms with van der Waals surface area (Å²) >= 11 is 5.57. The molecule has 6 heavy (non-hydrogen) atoms. The van der Waals surface area contributed by atoms with Crippen LogP contribution in [0.1, 0.15) is 6.42 Å². The van der Waals surface area contributed by atoms with Crippen LogP contribution >= 0.6 is 11.6 Å². The first-order chi connectivity index (χ1) is 2.89. The van der Waals surface area contributed by atoms with Crippen LogP contribution in [0.25, 0.3) is 0 Å². The molecule has 35 valence electrons. The van der Waals surface area contributed by atoms with Crippen molar-refractivity contribution in [3.8, 4) is 0 Å². The average molecular weight is 105 g/mol. The standard InChI is InChI=1S/C4H7ClN/c5-4-2-1-3-6-4/h1,4,6H,2-3H2. The van der Waals surface area contributed by atoms with Gasteiger partial charge in [0.05, 0.1) is 5.50 Å². The molecule has 1 radical (unpaired) electrons. The van der Waals surface area contributed by atoms with Crippen LogP contribution in [0.4, 0.5) is 0 Å². The van der Waals surface area contributed by atoms with E-state index in [4.69, 9.17) is 11.6 Å². The first-order valence-corrected chi connectivity index (χ1v) is 2.52. The second kappa shape index (κ2) is 1.80. The molecule has 0 spiro atoms. The third-order valence-electron chi connectivity index (χ3n) is 0.857. The lowest BCUT2D eigenvalue weighted by molar-refractivity contribution is 0.796. The van der Waals surface area contributed by atoms with Gasteiger partial charge in [0.15, 0.2) is 0 Å². The van der Waals surface area contributed by atoms with E-state index in [1.54, 1.807) is 0 Å². The van der Waals surface area contributed by atoms with Gasteiger partial charge in [-0.3, -0.25) is 0 Å². The molecule has 2 heteroatoms. The average Bonchev–Trinajstić information content (AvgIpc) is 1.86. The van der Waals surface area contributed by atoms with Crippen LogP contribution in [0.5, 0.6) is 0 Å². The Balaban J connectivity index is 2.18. The van der Waals surface area contributed by atoms with Gasteiger partial charge >= 0.3 is 0 Å². The summed E-state index contributed by atoms with van der Waals surface area (Å²) in [5.41, 5.74) is 0.213. The predicted octanol–water partition coefficient (Wildman–Crippen LogP) is 0.749. The molecule has 1 heterocycles. The summed E-state index contributed by atoms with van der Waals surface area (Å²) in [6.07, 6.45) is 3.15. The molecular weight excluding hydrogens is 97.5 g/mol. The molecular formula is C4H7ClN. The van der Waals surface area contributed by atoms with Crippen molar-refractivity contribution in [1.82, 2.24) is 5.32 Å². The molecule has 1 N–H and O–H groups in total. The van der Waals surface area contributed by atoms with E-state index in [2.05, 4.69) is 11.7 Å². The smallest absolute Gasteiger partial charge is 0.0828 e. The van der Waals surface area contributed by atoms with Crippen LogP contribution in [0.3, 0.4) is 0 Å². The fourth-order valence-electron chi connectivity index (χ4n) is 0.524. The van der Waals surface area contributed by atoms with Gasteiger partial charge in [-0.15, -0.1) is 11.6 Å². The predicted molar refractivity (Wildman–Crippen MR) is 26.6 cm³/mol. The Kier molecular flexibility index (Phi) is 1.33. The zero-order chi connectivity index (χ0) is 4.41. The van der Waals surface area contributed by atoms with Crippen molar-refractivity contribution in [3.63, 3.8) is 0 Å². The molecule has 1 nitrogen and oxygen atoms in total. The number of nitrogens with one attached hydrogen (secondary N) is 1. The van der Waals surface area contributed by atoms with E-state index >= 15 is 0 Å². The lowest BCUT2D eigenvalue weighted by Gasteiger charge is -1.92. The van der Waals surface area contributed by atoms with E-state index in [1.165, 1.54) is 0 Å². The third-order valence-corrected chi connectivity index (χ3v) is 1.19. The van der Waals surface area contributed by atoms with Crippen molar-refractivity contribution in [2.45, 2.75) is 11.9 Å². The second-order valence-corrected chi connectivity index (χ2v) is 1.93. The molecule has 0 amide bonds. The molecule has 0 aromatic heterocycles. The van der Waals surface area contributed by atoms with Gasteiger partial charge in [0.1, 0.15) is 0 Å². The van der Waals surface area contributed by atoms with Crippen molar-refractivity contribution in [3.05, 3.63) is 6.42 Å². The van der Waals surface area contributed by atoms with Crippen molar-refractivity contribution < 1.29 is 0 Å². The Morgan fingerprint density at radius 3 is 2.83 bits per heavy atom. The van der Waals surface area contributed by atoms with Crippen LogP contribution in [-0.2, 0) is 0 Å². The van der Waals surface area contributed by atoms with Crippen LogP contribution in [-0.4, -0.2) is 12.0 Å². The van der Waals surface area contributed by atoms with Gasteiger partial charge in [0.2, 0.25) is 0 Å². The fourth-order valence-corrected chi connectivity index (χ4v) is 0.739. The molecule has 0 bridgehead atoms. The number of alkyl halides is 1. The van der Waals surface area contributed by atoms with Crippen molar-refractivity contribution in [2.24, 2.45) is 0 Å². The highest BCUT2D eigenvalue weighted by molar-refractivity contribution is 6.20. The van der Waals surface area contributed by atoms with Crippen molar-refractivity contribution in [1.29, 1.82) is 0 Å². The number of hydrogen-bond acceptors (Lipinski definition) is 1. The van der Waals surface area contributed by atoms with Crippen LogP contribution in [0.2, 0.25) is 0 Å². The number of rotatable bonds is 0. The number of halogens is 1. The molecule has 1 atom stereocenters. The minimum atomic E-state index is 0.213. The second-order valence-electron chi connectivity index (χ2n) is 1.40. The van der Waals surface area contributed by atoms with Gasteiger partial charge in [-0.05, 0) is 19.4 Å². The largest absolute Gasteiger partial charge is 0.301 e. The molecule has 1 unspecified atom stereocenters. The van der Waals surface area contributed by atoms with Crippen molar-refractivity contribution in [2.75, 3.05) is 6.54 Å². The highest BCUT2D eigenvalue weighted by Gasteiger charge is 2.08. The molecule has 1 saturated heterocycles. The van der Waals surface area contributed by atoms with Crippen LogP contribution in [0, 0.1) is 6.42 Å². The molecule has 1 aliphatic heterocycles. The Morgan fingerprint density at radius 2 is 2.67 bits per heavy atom. The summed E-state index contributed by atoms with van der Waals surface area (Å²) in [6, 6.07) is 0. The van der Waals surface area contributed by atoms with Gasteiger partial charge in [-0.25, -0.2) is 0 Å². The molecule has 0 aliphatic carbocycles. The zero-order valence-electron chi connectivity index (χ0n) is 3.45. The summed E-state index contributed by atoms with van der Waals surface area (Å²) in [5.74, 6) is 0. The summed E-state index contributed by atoms with van der Waals surface area (Å²) in [6.45, 7) is 0.980. The zero-order valence-corrected chi connectivity index (χ0v) is 4.20. The molecule has 1 aliphatic rings.